The number of aryl methyl sites for hydroxylation is 2. The number of hydrogen-bond acceptors (Lipinski definition) is 4. The molecule has 1 saturated heterocycles. The van der Waals surface area contributed by atoms with Gasteiger partial charge in [0.2, 0.25) is 0 Å². The Morgan fingerprint density at radius 1 is 1.23 bits per heavy atom. The molecule has 0 bridgehead atoms. The van der Waals surface area contributed by atoms with Gasteiger partial charge < -0.3 is 9.84 Å². The van der Waals surface area contributed by atoms with Crippen molar-refractivity contribution in [2.75, 3.05) is 13.2 Å². The van der Waals surface area contributed by atoms with Gasteiger partial charge in [-0.05, 0) is 62.8 Å². The van der Waals surface area contributed by atoms with E-state index >= 15 is 0 Å². The zero-order valence-electron chi connectivity index (χ0n) is 17.6. The Balaban J connectivity index is 1.45. The number of carboxylic acid groups (broad SMARTS) is 1. The van der Waals surface area contributed by atoms with Gasteiger partial charge in [-0.2, -0.15) is 5.10 Å². The van der Waals surface area contributed by atoms with Crippen LogP contribution < -0.4 is 0 Å². The van der Waals surface area contributed by atoms with Gasteiger partial charge in [0.25, 0.3) is 0 Å². The molecule has 1 saturated carbocycles. The highest BCUT2D eigenvalue weighted by molar-refractivity contribution is 9.10. The minimum atomic E-state index is -0.861. The van der Waals surface area contributed by atoms with Crippen LogP contribution in [0.4, 0.5) is 0 Å². The van der Waals surface area contributed by atoms with Crippen LogP contribution in [0.3, 0.4) is 0 Å². The number of hydrogen-bond donors (Lipinski definition) is 1. The van der Waals surface area contributed by atoms with E-state index in [2.05, 4.69) is 63.2 Å². The molecule has 2 fully saturated rings. The number of rotatable bonds is 5. The molecular formula is C23H30BrN3O3. The molecule has 0 spiro atoms. The zero-order chi connectivity index (χ0) is 21.3. The molecule has 1 aliphatic heterocycles. The maximum Gasteiger partial charge on any atom is 0.334 e. The minimum absolute atomic E-state index is 0.209. The summed E-state index contributed by atoms with van der Waals surface area (Å²) in [6.07, 6.45) is 4.48. The predicted molar refractivity (Wildman–Crippen MR) is 119 cm³/mol. The lowest BCUT2D eigenvalue weighted by Gasteiger charge is -2.45. The molecule has 30 heavy (non-hydrogen) atoms. The first-order valence-electron chi connectivity index (χ1n) is 10.8. The summed E-state index contributed by atoms with van der Waals surface area (Å²) in [4.78, 5) is 14.0. The Hall–Kier alpha value is -1.70. The summed E-state index contributed by atoms with van der Waals surface area (Å²) in [7, 11) is 2.00. The second-order valence-electron chi connectivity index (χ2n) is 8.68. The van der Waals surface area contributed by atoms with Crippen molar-refractivity contribution in [3.05, 3.63) is 51.8 Å². The highest BCUT2D eigenvalue weighted by Crippen LogP contribution is 2.36. The number of benzene rings is 1. The Bertz CT molecular complexity index is 855. The fourth-order valence-electron chi connectivity index (χ4n) is 4.87. The molecule has 2 aliphatic rings. The average Bonchev–Trinajstić information content (AvgIpc) is 3.08. The van der Waals surface area contributed by atoms with E-state index < -0.39 is 12.1 Å². The fraction of sp³-hybridized carbons (Fsp3) is 0.565. The summed E-state index contributed by atoms with van der Waals surface area (Å²) in [6.45, 7) is 3.02. The molecule has 2 atom stereocenters. The van der Waals surface area contributed by atoms with Crippen molar-refractivity contribution in [3.8, 4) is 0 Å². The van der Waals surface area contributed by atoms with Gasteiger partial charge in [0.05, 0.1) is 12.3 Å². The molecule has 7 heteroatoms. The molecule has 1 N–H and O–H groups in total. The average molecular weight is 476 g/mol. The molecule has 2 heterocycles. The van der Waals surface area contributed by atoms with Crippen LogP contribution in [-0.2, 0) is 23.0 Å². The number of halogens is 1. The highest BCUT2D eigenvalue weighted by atomic mass is 79.9. The summed E-state index contributed by atoms with van der Waals surface area (Å²) in [5, 5.41) is 14.2. The van der Waals surface area contributed by atoms with Crippen LogP contribution in [0.2, 0.25) is 0 Å². The van der Waals surface area contributed by atoms with E-state index in [9.17, 15) is 9.90 Å². The highest BCUT2D eigenvalue weighted by Gasteiger charge is 2.38. The Kier molecular flexibility index (Phi) is 6.60. The van der Waals surface area contributed by atoms with E-state index in [1.165, 1.54) is 17.0 Å². The van der Waals surface area contributed by atoms with Crippen LogP contribution >= 0.6 is 15.9 Å². The Labute approximate surface area is 186 Å². The standard InChI is InChI=1S/C23H30BrN3O3/c1-15-11-21(25-26(15)2)17-5-9-19(10-6-17)27-13-22(23(28)29)30-14-20(27)12-16-3-7-18(24)8-4-16/h3-4,7-8,11,17,19-20,22H,5-6,9-10,12-14H2,1-2H3,(H,28,29)/t17?,19?,20-,22+/m0/s1. The first-order valence-corrected chi connectivity index (χ1v) is 11.5. The quantitative estimate of drug-likeness (QED) is 0.709. The van der Waals surface area contributed by atoms with E-state index in [-0.39, 0.29) is 6.04 Å². The van der Waals surface area contributed by atoms with Crippen molar-refractivity contribution in [2.45, 2.75) is 63.1 Å². The third kappa shape index (κ3) is 4.79. The monoisotopic (exact) mass is 475 g/mol. The summed E-state index contributed by atoms with van der Waals surface area (Å²) < 4.78 is 8.73. The molecule has 2 aromatic rings. The lowest BCUT2D eigenvalue weighted by molar-refractivity contribution is -0.162. The molecule has 6 nitrogen and oxygen atoms in total. The van der Waals surface area contributed by atoms with Crippen LogP contribution in [0.1, 0.15) is 48.6 Å². The number of aromatic nitrogens is 2. The number of aliphatic carboxylic acids is 1. The fourth-order valence-corrected chi connectivity index (χ4v) is 5.14. The van der Waals surface area contributed by atoms with Crippen LogP contribution in [0.25, 0.3) is 0 Å². The van der Waals surface area contributed by atoms with Crippen molar-refractivity contribution in [1.29, 1.82) is 0 Å². The van der Waals surface area contributed by atoms with E-state index in [4.69, 9.17) is 4.74 Å². The largest absolute Gasteiger partial charge is 0.479 e. The maximum atomic E-state index is 11.6. The van der Waals surface area contributed by atoms with Crippen molar-refractivity contribution < 1.29 is 14.6 Å². The van der Waals surface area contributed by atoms with Gasteiger partial charge in [-0.15, -0.1) is 0 Å². The minimum Gasteiger partial charge on any atom is -0.479 e. The third-order valence-electron chi connectivity index (χ3n) is 6.71. The van der Waals surface area contributed by atoms with Crippen LogP contribution in [0.15, 0.2) is 34.8 Å². The summed E-state index contributed by atoms with van der Waals surface area (Å²) >= 11 is 3.49. The number of nitrogens with zero attached hydrogens (tertiary/aromatic N) is 3. The molecule has 0 amide bonds. The predicted octanol–water partition coefficient (Wildman–Crippen LogP) is 3.91. The van der Waals surface area contributed by atoms with Crippen molar-refractivity contribution in [3.63, 3.8) is 0 Å². The summed E-state index contributed by atoms with van der Waals surface area (Å²) in [6, 6.07) is 11.2. The number of morpholine rings is 1. The Morgan fingerprint density at radius 2 is 1.93 bits per heavy atom. The van der Waals surface area contributed by atoms with Gasteiger partial charge in [0.15, 0.2) is 6.10 Å². The SMILES string of the molecule is Cc1cc(C2CCC(N3C[C@H](C(=O)O)OC[C@@H]3Cc3ccc(Br)cc3)CC2)nn1C. The second kappa shape index (κ2) is 9.20. The second-order valence-corrected chi connectivity index (χ2v) is 9.60. The van der Waals surface area contributed by atoms with E-state index in [1.807, 2.05) is 11.7 Å². The van der Waals surface area contributed by atoms with Crippen LogP contribution in [0.5, 0.6) is 0 Å². The first kappa shape index (κ1) is 21.5. The smallest absolute Gasteiger partial charge is 0.334 e. The van der Waals surface area contributed by atoms with Crippen molar-refractivity contribution >= 4 is 21.9 Å². The maximum absolute atomic E-state index is 11.6. The molecule has 4 rings (SSSR count). The summed E-state index contributed by atoms with van der Waals surface area (Å²) in [5.41, 5.74) is 3.65. The lowest BCUT2D eigenvalue weighted by Crippen LogP contribution is -2.57. The molecule has 1 aromatic carbocycles. The number of ether oxygens (including phenoxy) is 1. The third-order valence-corrected chi connectivity index (χ3v) is 7.24. The van der Waals surface area contributed by atoms with E-state index in [1.54, 1.807) is 0 Å². The van der Waals surface area contributed by atoms with Gasteiger partial charge >= 0.3 is 5.97 Å². The first-order chi connectivity index (χ1) is 14.4. The van der Waals surface area contributed by atoms with Gasteiger partial charge in [-0.25, -0.2) is 4.79 Å². The molecule has 1 aromatic heterocycles. The Morgan fingerprint density at radius 3 is 2.53 bits per heavy atom. The van der Waals surface area contributed by atoms with Gasteiger partial charge in [0.1, 0.15) is 0 Å². The van der Waals surface area contributed by atoms with Gasteiger partial charge in [0, 0.05) is 41.8 Å². The van der Waals surface area contributed by atoms with Crippen molar-refractivity contribution in [1.82, 2.24) is 14.7 Å². The molecule has 0 radical (unpaired) electrons. The zero-order valence-corrected chi connectivity index (χ0v) is 19.2. The normalized spacial score (nSPS) is 27.8. The lowest BCUT2D eigenvalue weighted by atomic mass is 9.82. The van der Waals surface area contributed by atoms with E-state index in [0.717, 1.165) is 36.6 Å². The van der Waals surface area contributed by atoms with Crippen LogP contribution in [0, 0.1) is 6.92 Å². The van der Waals surface area contributed by atoms with Crippen molar-refractivity contribution in [2.24, 2.45) is 7.05 Å². The molecule has 162 valence electrons. The summed E-state index contributed by atoms with van der Waals surface area (Å²) in [5.74, 6) is -0.359. The van der Waals surface area contributed by atoms with E-state index in [0.29, 0.717) is 25.1 Å². The molecule has 0 unspecified atom stereocenters. The number of carboxylic acids is 1. The topological polar surface area (TPSA) is 67.6 Å². The number of carbonyl (C=O) groups is 1. The van der Waals surface area contributed by atoms with Crippen LogP contribution in [-0.4, -0.2) is 57.1 Å². The molecule has 1 aliphatic carbocycles. The van der Waals surface area contributed by atoms with Gasteiger partial charge in [-0.1, -0.05) is 28.1 Å². The molecular weight excluding hydrogens is 446 g/mol. The van der Waals surface area contributed by atoms with Gasteiger partial charge in [-0.3, -0.25) is 9.58 Å².